The Morgan fingerprint density at radius 2 is 1.82 bits per heavy atom. The highest BCUT2D eigenvalue weighted by molar-refractivity contribution is 6.00. The first-order valence-electron chi connectivity index (χ1n) is 10.3. The summed E-state index contributed by atoms with van der Waals surface area (Å²) in [5.74, 6) is -2.74. The van der Waals surface area contributed by atoms with Crippen molar-refractivity contribution in [2.24, 2.45) is 0 Å². The lowest BCUT2D eigenvalue weighted by atomic mass is 9.99. The first-order chi connectivity index (χ1) is 15.7. The van der Waals surface area contributed by atoms with E-state index in [-0.39, 0.29) is 23.3 Å². The Morgan fingerprint density at radius 3 is 2.45 bits per heavy atom. The van der Waals surface area contributed by atoms with E-state index in [4.69, 9.17) is 5.73 Å². The normalized spacial score (nSPS) is 13.9. The highest BCUT2D eigenvalue weighted by Gasteiger charge is 2.25. The van der Waals surface area contributed by atoms with Crippen LogP contribution in [0.2, 0.25) is 0 Å². The predicted octanol–water partition coefficient (Wildman–Crippen LogP) is 3.48. The average Bonchev–Trinajstić information content (AvgIpc) is 3.57. The fraction of sp³-hybridized carbons (Fsp3) is 0.208. The zero-order chi connectivity index (χ0) is 23.7. The average molecular weight is 452 g/mol. The number of halogens is 2. The van der Waals surface area contributed by atoms with E-state index in [1.807, 2.05) is 6.92 Å². The van der Waals surface area contributed by atoms with Gasteiger partial charge in [-0.25, -0.2) is 13.8 Å². The lowest BCUT2D eigenvalue weighted by molar-refractivity contribution is -0.124. The lowest BCUT2D eigenvalue weighted by Crippen LogP contribution is -2.26. The number of aliphatic hydroxyl groups is 1. The molecule has 3 aromatic rings. The molecule has 0 radical (unpaired) electrons. The first-order valence-corrected chi connectivity index (χ1v) is 10.3. The molecular formula is C24H22F2N4O3. The number of nitrogens with one attached hydrogen (secondary N) is 2. The molecule has 2 amide bonds. The maximum absolute atomic E-state index is 13.4. The van der Waals surface area contributed by atoms with Gasteiger partial charge >= 0.3 is 0 Å². The van der Waals surface area contributed by atoms with Crippen molar-refractivity contribution < 1.29 is 23.5 Å². The van der Waals surface area contributed by atoms with E-state index in [1.165, 1.54) is 0 Å². The molecule has 1 aliphatic carbocycles. The van der Waals surface area contributed by atoms with Gasteiger partial charge in [-0.05, 0) is 66.8 Å². The van der Waals surface area contributed by atoms with E-state index < -0.39 is 23.6 Å². The summed E-state index contributed by atoms with van der Waals surface area (Å²) in [7, 11) is 0. The van der Waals surface area contributed by atoms with Gasteiger partial charge in [-0.2, -0.15) is 0 Å². The van der Waals surface area contributed by atoms with Gasteiger partial charge in [0.05, 0.1) is 5.56 Å². The molecule has 1 aliphatic rings. The number of anilines is 2. The van der Waals surface area contributed by atoms with Crippen molar-refractivity contribution in [3.63, 3.8) is 0 Å². The highest BCUT2D eigenvalue weighted by atomic mass is 19.1. The van der Waals surface area contributed by atoms with Crippen molar-refractivity contribution in [2.45, 2.75) is 31.9 Å². The lowest BCUT2D eigenvalue weighted by Gasteiger charge is -2.14. The molecular weight excluding hydrogens is 430 g/mol. The van der Waals surface area contributed by atoms with Gasteiger partial charge in [0, 0.05) is 29.6 Å². The van der Waals surface area contributed by atoms with Crippen molar-refractivity contribution in [1.82, 2.24) is 10.3 Å². The van der Waals surface area contributed by atoms with E-state index in [1.54, 1.807) is 30.5 Å². The molecule has 1 fully saturated rings. The first kappa shape index (κ1) is 22.3. The number of carbonyl (C=O) groups is 2. The SMILES string of the molecule is Cc1cc(NC(=O)[C@@H](O)c2cc(F)cc(F)c2)ccc1-c1cnc(N)c(C(=O)NC2CC2)c1. The van der Waals surface area contributed by atoms with E-state index in [0.717, 1.165) is 36.1 Å². The standard InChI is InChI=1S/C24H22F2N4O3/c1-12-6-18(30-24(33)21(31)13-7-15(25)10-16(26)8-13)4-5-19(12)14-9-20(22(27)28-11-14)23(32)29-17-2-3-17/h4-11,17,21,31H,2-3H2,1H3,(H2,27,28)(H,29,32)(H,30,33)/t21-/m0/s1. The van der Waals surface area contributed by atoms with Crippen LogP contribution in [-0.2, 0) is 4.79 Å². The molecule has 1 aromatic heterocycles. The molecule has 4 rings (SSSR count). The maximum Gasteiger partial charge on any atom is 0.257 e. The third-order valence-electron chi connectivity index (χ3n) is 5.33. The monoisotopic (exact) mass is 452 g/mol. The summed E-state index contributed by atoms with van der Waals surface area (Å²) in [5, 5.41) is 15.6. The number of aromatic nitrogens is 1. The Bertz CT molecular complexity index is 1220. The van der Waals surface area contributed by atoms with Crippen LogP contribution in [0.15, 0.2) is 48.7 Å². The summed E-state index contributed by atoms with van der Waals surface area (Å²) >= 11 is 0. The molecule has 0 saturated heterocycles. The topological polar surface area (TPSA) is 117 Å². The number of nitrogens with zero attached hydrogens (tertiary/aromatic N) is 1. The minimum Gasteiger partial charge on any atom is -0.383 e. The minimum absolute atomic E-state index is 0.140. The summed E-state index contributed by atoms with van der Waals surface area (Å²) in [6, 6.07) is 9.32. The predicted molar refractivity (Wildman–Crippen MR) is 119 cm³/mol. The van der Waals surface area contributed by atoms with Crippen molar-refractivity contribution in [1.29, 1.82) is 0 Å². The van der Waals surface area contributed by atoms with Crippen LogP contribution in [0.25, 0.3) is 11.1 Å². The van der Waals surface area contributed by atoms with Crippen LogP contribution >= 0.6 is 0 Å². The Hall–Kier alpha value is -3.85. The molecule has 5 N–H and O–H groups in total. The summed E-state index contributed by atoms with van der Waals surface area (Å²) in [5.41, 5.74) is 8.58. The van der Waals surface area contributed by atoms with Crippen LogP contribution in [0.1, 0.15) is 40.4 Å². The van der Waals surface area contributed by atoms with Crippen LogP contribution in [0.4, 0.5) is 20.3 Å². The third kappa shape index (κ3) is 5.15. The number of aliphatic hydroxyl groups excluding tert-OH is 1. The molecule has 170 valence electrons. The smallest absolute Gasteiger partial charge is 0.257 e. The molecule has 9 heteroatoms. The zero-order valence-electron chi connectivity index (χ0n) is 17.7. The van der Waals surface area contributed by atoms with E-state index in [2.05, 4.69) is 15.6 Å². The van der Waals surface area contributed by atoms with Crippen molar-refractivity contribution in [2.75, 3.05) is 11.1 Å². The molecule has 1 saturated carbocycles. The van der Waals surface area contributed by atoms with Gasteiger partial charge in [0.25, 0.3) is 11.8 Å². The second-order valence-corrected chi connectivity index (χ2v) is 8.03. The number of amides is 2. The number of carbonyl (C=O) groups excluding carboxylic acids is 2. The van der Waals surface area contributed by atoms with Crippen molar-refractivity contribution in [3.8, 4) is 11.1 Å². The molecule has 0 aliphatic heterocycles. The molecule has 0 bridgehead atoms. The summed E-state index contributed by atoms with van der Waals surface area (Å²) in [6.07, 6.45) is 1.72. The number of hydrogen-bond acceptors (Lipinski definition) is 5. The van der Waals surface area contributed by atoms with Gasteiger partial charge in [-0.3, -0.25) is 9.59 Å². The number of hydrogen-bond donors (Lipinski definition) is 4. The third-order valence-corrected chi connectivity index (χ3v) is 5.33. The minimum atomic E-state index is -1.75. The summed E-state index contributed by atoms with van der Waals surface area (Å²) in [6.45, 7) is 1.81. The summed E-state index contributed by atoms with van der Waals surface area (Å²) < 4.78 is 26.8. The van der Waals surface area contributed by atoms with Crippen LogP contribution in [0.5, 0.6) is 0 Å². The number of nitrogen functional groups attached to an aromatic ring is 1. The molecule has 1 heterocycles. The number of aryl methyl sites for hydroxylation is 1. The van der Waals surface area contributed by atoms with E-state index in [9.17, 15) is 23.5 Å². The number of pyridine rings is 1. The van der Waals surface area contributed by atoms with E-state index >= 15 is 0 Å². The second-order valence-electron chi connectivity index (χ2n) is 8.03. The largest absolute Gasteiger partial charge is 0.383 e. The molecule has 0 unspecified atom stereocenters. The molecule has 7 nitrogen and oxygen atoms in total. The van der Waals surface area contributed by atoms with Crippen LogP contribution in [0.3, 0.4) is 0 Å². The van der Waals surface area contributed by atoms with E-state index in [0.29, 0.717) is 22.9 Å². The van der Waals surface area contributed by atoms with Crippen LogP contribution < -0.4 is 16.4 Å². The highest BCUT2D eigenvalue weighted by Crippen LogP contribution is 2.29. The molecule has 0 spiro atoms. The second kappa shape index (κ2) is 8.95. The fourth-order valence-electron chi connectivity index (χ4n) is 3.46. The molecule has 1 atom stereocenters. The number of nitrogens with two attached hydrogens (primary N) is 1. The van der Waals surface area contributed by atoms with Gasteiger partial charge in [0.2, 0.25) is 0 Å². The molecule has 33 heavy (non-hydrogen) atoms. The Balaban J connectivity index is 1.52. The van der Waals surface area contributed by atoms with Gasteiger partial charge in [0.1, 0.15) is 17.5 Å². The van der Waals surface area contributed by atoms with Crippen LogP contribution in [0, 0.1) is 18.6 Å². The van der Waals surface area contributed by atoms with Crippen molar-refractivity contribution in [3.05, 3.63) is 77.0 Å². The Kier molecular flexibility index (Phi) is 6.06. The Morgan fingerprint density at radius 1 is 1.12 bits per heavy atom. The Labute approximate surface area is 188 Å². The molecule has 2 aromatic carbocycles. The number of benzene rings is 2. The van der Waals surface area contributed by atoms with Gasteiger partial charge in [-0.1, -0.05) is 6.07 Å². The van der Waals surface area contributed by atoms with Gasteiger partial charge in [0.15, 0.2) is 6.10 Å². The maximum atomic E-state index is 13.4. The van der Waals surface area contributed by atoms with Gasteiger partial charge in [-0.15, -0.1) is 0 Å². The van der Waals surface area contributed by atoms with Crippen molar-refractivity contribution >= 4 is 23.3 Å². The van der Waals surface area contributed by atoms with Gasteiger partial charge < -0.3 is 21.5 Å². The fourth-order valence-corrected chi connectivity index (χ4v) is 3.46. The summed E-state index contributed by atoms with van der Waals surface area (Å²) in [4.78, 5) is 29.0. The number of rotatable bonds is 6. The quantitative estimate of drug-likeness (QED) is 0.457. The zero-order valence-corrected chi connectivity index (χ0v) is 17.7. The van der Waals surface area contributed by atoms with Crippen LogP contribution in [-0.4, -0.2) is 27.9 Å².